The van der Waals surface area contributed by atoms with Crippen molar-refractivity contribution in [1.82, 2.24) is 0 Å². The molecule has 0 atom stereocenters. The molecule has 2 aliphatic rings. The lowest BCUT2D eigenvalue weighted by Crippen LogP contribution is -2.57. The summed E-state index contributed by atoms with van der Waals surface area (Å²) in [6.45, 7) is -0.0926. The fourth-order valence-electron chi connectivity index (χ4n) is 7.11. The fraction of sp³-hybridized carbons (Fsp3) is 0. The molecule has 0 bridgehead atoms. The van der Waals surface area contributed by atoms with Gasteiger partial charge in [0.2, 0.25) is 0 Å². The zero-order chi connectivity index (χ0) is 35.2. The number of nitrogens with zero attached hydrogens (tertiary/aromatic N) is 1. The Kier molecular flexibility index (Phi) is 4.83. The standard InChI is InChI=1S/C42H26BNO2S/c1-3-13-27(14-4-1)30-23-24-39-40(31-17-7-12-22-38(31)47-39)42(30)44(28-15-5-2-6-16-28)29-25-36-41-37(26-29)46-35-21-11-9-19-33(35)43(41)32-18-8-10-20-34(32)45-36/h1-26H/i1D,3D,4D,13D,14D. The summed E-state index contributed by atoms with van der Waals surface area (Å²) in [7, 11) is 0. The van der Waals surface area contributed by atoms with Gasteiger partial charge in [0.15, 0.2) is 0 Å². The Labute approximate surface area is 284 Å². The molecule has 0 fully saturated rings. The molecular formula is C42H26BNO2S. The molecule has 0 saturated carbocycles. The van der Waals surface area contributed by atoms with E-state index in [1.807, 2.05) is 103 Å². The molecule has 220 valence electrons. The minimum absolute atomic E-state index is 0.0926. The normalized spacial score (nSPS) is 14.0. The highest BCUT2D eigenvalue weighted by molar-refractivity contribution is 7.26. The highest BCUT2D eigenvalue weighted by Gasteiger charge is 2.40. The number of fused-ring (bicyclic) bond motifs is 7. The van der Waals surface area contributed by atoms with Crippen molar-refractivity contribution in [2.24, 2.45) is 0 Å². The van der Waals surface area contributed by atoms with Gasteiger partial charge in [-0.25, -0.2) is 0 Å². The van der Waals surface area contributed by atoms with E-state index in [2.05, 4.69) is 29.2 Å². The van der Waals surface area contributed by atoms with E-state index in [1.165, 1.54) is 0 Å². The third-order valence-corrected chi connectivity index (χ3v) is 10.2. The second-order valence-corrected chi connectivity index (χ2v) is 12.8. The van der Waals surface area contributed by atoms with E-state index in [0.717, 1.165) is 59.4 Å². The first-order valence-corrected chi connectivity index (χ1v) is 16.3. The van der Waals surface area contributed by atoms with Crippen molar-refractivity contribution < 1.29 is 16.3 Å². The Balaban J connectivity index is 1.32. The third kappa shape index (κ3) is 4.07. The maximum Gasteiger partial charge on any atom is 0.260 e. The van der Waals surface area contributed by atoms with Crippen LogP contribution in [-0.4, -0.2) is 6.71 Å². The van der Waals surface area contributed by atoms with Crippen LogP contribution in [0.15, 0.2) is 158 Å². The lowest BCUT2D eigenvalue weighted by molar-refractivity contribution is 0.465. The van der Waals surface area contributed by atoms with Crippen LogP contribution in [0.2, 0.25) is 0 Å². The number of ether oxygens (including phenoxy) is 2. The van der Waals surface area contributed by atoms with Crippen LogP contribution in [-0.2, 0) is 0 Å². The van der Waals surface area contributed by atoms with Gasteiger partial charge in [0.05, 0.1) is 18.2 Å². The van der Waals surface area contributed by atoms with E-state index < -0.39 is 6.04 Å². The number of rotatable bonds is 4. The van der Waals surface area contributed by atoms with Crippen molar-refractivity contribution in [2.45, 2.75) is 0 Å². The minimum atomic E-state index is -0.430. The van der Waals surface area contributed by atoms with E-state index >= 15 is 0 Å². The summed E-state index contributed by atoms with van der Waals surface area (Å²) >= 11 is 1.66. The van der Waals surface area contributed by atoms with E-state index in [-0.39, 0.29) is 36.4 Å². The predicted molar refractivity (Wildman–Crippen MR) is 197 cm³/mol. The zero-order valence-corrected chi connectivity index (χ0v) is 25.7. The molecule has 0 aliphatic carbocycles. The molecule has 10 rings (SSSR count). The predicted octanol–water partition coefficient (Wildman–Crippen LogP) is 9.92. The van der Waals surface area contributed by atoms with Crippen LogP contribution in [0, 0.1) is 0 Å². The Morgan fingerprint density at radius 1 is 0.574 bits per heavy atom. The first kappa shape index (κ1) is 21.9. The average Bonchev–Trinajstić information content (AvgIpc) is 3.56. The van der Waals surface area contributed by atoms with Crippen LogP contribution in [0.25, 0.3) is 31.3 Å². The van der Waals surface area contributed by atoms with Crippen molar-refractivity contribution in [3.05, 3.63) is 158 Å². The van der Waals surface area contributed by atoms with Gasteiger partial charge in [0.1, 0.15) is 23.0 Å². The molecule has 0 N–H and O–H groups in total. The Morgan fingerprint density at radius 3 is 1.94 bits per heavy atom. The van der Waals surface area contributed by atoms with E-state index in [9.17, 15) is 0 Å². The van der Waals surface area contributed by atoms with Gasteiger partial charge < -0.3 is 14.4 Å². The highest BCUT2D eigenvalue weighted by atomic mass is 32.1. The molecule has 0 amide bonds. The summed E-state index contributed by atoms with van der Waals surface area (Å²) in [6, 6.07) is 40.5. The highest BCUT2D eigenvalue weighted by Crippen LogP contribution is 2.51. The molecular weight excluding hydrogens is 593 g/mol. The first-order chi connectivity index (χ1) is 25.4. The summed E-state index contributed by atoms with van der Waals surface area (Å²) in [6.07, 6.45) is 0. The van der Waals surface area contributed by atoms with Gasteiger partial charge >= 0.3 is 0 Å². The van der Waals surface area contributed by atoms with Crippen LogP contribution in [0.5, 0.6) is 23.0 Å². The SMILES string of the molecule is [2H]c1c([2H])c([2H])c(-c2ccc3sc4ccccc4c3c2N(c2ccccc2)c2cc3c4c(c2)Oc2ccccc2B4c2ccccc2O3)c([2H])c1[2H]. The number of hydrogen-bond donors (Lipinski definition) is 0. The summed E-state index contributed by atoms with van der Waals surface area (Å²) in [4.78, 5) is 2.11. The third-order valence-electron chi connectivity index (χ3n) is 9.06. The zero-order valence-electron chi connectivity index (χ0n) is 29.9. The maximum absolute atomic E-state index is 9.08. The summed E-state index contributed by atoms with van der Waals surface area (Å²) in [5, 5.41) is 1.91. The molecule has 0 unspecified atom stereocenters. The summed E-state index contributed by atoms with van der Waals surface area (Å²) in [5.74, 6) is 2.88. The lowest BCUT2D eigenvalue weighted by atomic mass is 9.35. The van der Waals surface area contributed by atoms with E-state index in [0.29, 0.717) is 22.7 Å². The van der Waals surface area contributed by atoms with Crippen molar-refractivity contribution in [3.63, 3.8) is 0 Å². The molecule has 8 aromatic rings. The molecule has 3 heterocycles. The second-order valence-electron chi connectivity index (χ2n) is 11.7. The smallest absolute Gasteiger partial charge is 0.260 e. The monoisotopic (exact) mass is 624 g/mol. The molecule has 0 radical (unpaired) electrons. The van der Waals surface area contributed by atoms with Gasteiger partial charge in [-0.2, -0.15) is 0 Å². The van der Waals surface area contributed by atoms with Crippen LogP contribution in [0.3, 0.4) is 0 Å². The molecule has 3 nitrogen and oxygen atoms in total. The number of thiophene rings is 1. The second kappa shape index (κ2) is 10.4. The van der Waals surface area contributed by atoms with Crippen molar-refractivity contribution in [3.8, 4) is 34.1 Å². The maximum atomic E-state index is 9.08. The molecule has 0 saturated heterocycles. The lowest BCUT2D eigenvalue weighted by Gasteiger charge is -2.35. The number of para-hydroxylation sites is 3. The molecule has 2 aliphatic heterocycles. The minimum Gasteiger partial charge on any atom is -0.458 e. The number of anilines is 3. The first-order valence-electron chi connectivity index (χ1n) is 18.0. The van der Waals surface area contributed by atoms with Gasteiger partial charge in [-0.15, -0.1) is 11.3 Å². The summed E-state index contributed by atoms with van der Waals surface area (Å²) < 4.78 is 59.2. The quantitative estimate of drug-likeness (QED) is 0.182. The van der Waals surface area contributed by atoms with Crippen molar-refractivity contribution in [1.29, 1.82) is 0 Å². The average molecular weight is 625 g/mol. The van der Waals surface area contributed by atoms with Gasteiger partial charge in [0.25, 0.3) is 6.71 Å². The van der Waals surface area contributed by atoms with Crippen LogP contribution < -0.4 is 30.8 Å². The Morgan fingerprint density at radius 2 is 1.21 bits per heavy atom. The molecule has 0 spiro atoms. The van der Waals surface area contributed by atoms with E-state index in [4.69, 9.17) is 16.3 Å². The van der Waals surface area contributed by atoms with Crippen molar-refractivity contribution in [2.75, 3.05) is 4.90 Å². The topological polar surface area (TPSA) is 21.7 Å². The van der Waals surface area contributed by atoms with Gasteiger partial charge in [-0.3, -0.25) is 0 Å². The van der Waals surface area contributed by atoms with Crippen LogP contribution >= 0.6 is 11.3 Å². The van der Waals surface area contributed by atoms with Crippen molar-refractivity contribution >= 4 is 71.7 Å². The largest absolute Gasteiger partial charge is 0.458 e. The van der Waals surface area contributed by atoms with Crippen LogP contribution in [0.1, 0.15) is 6.85 Å². The number of benzene rings is 7. The van der Waals surface area contributed by atoms with Gasteiger partial charge in [0, 0.05) is 49.0 Å². The molecule has 47 heavy (non-hydrogen) atoms. The summed E-state index contributed by atoms with van der Waals surface area (Å²) in [5.41, 5.74) is 5.96. The van der Waals surface area contributed by atoms with Gasteiger partial charge in [-0.1, -0.05) is 109 Å². The van der Waals surface area contributed by atoms with E-state index in [1.54, 1.807) is 11.3 Å². The molecule has 5 heteroatoms. The Bertz CT molecular complexity index is 2690. The van der Waals surface area contributed by atoms with Crippen LogP contribution in [0.4, 0.5) is 17.1 Å². The fourth-order valence-corrected chi connectivity index (χ4v) is 8.22. The molecule has 7 aromatic carbocycles. The number of hydrogen-bond acceptors (Lipinski definition) is 4. The Hall–Kier alpha value is -5.78. The van der Waals surface area contributed by atoms with Gasteiger partial charge in [-0.05, 0) is 52.9 Å². The molecule has 1 aromatic heterocycles.